The van der Waals surface area contributed by atoms with E-state index in [1.807, 2.05) is 37.5 Å². The second kappa shape index (κ2) is 9.54. The molecule has 0 aliphatic carbocycles. The van der Waals surface area contributed by atoms with Crippen molar-refractivity contribution in [3.63, 3.8) is 0 Å². The molecule has 0 saturated carbocycles. The SMILES string of the molecule is [C-]#[N+]c1cccc(Cc2cc(Nc3cccc(-c4ccn(C)n4)c3OC)c3c(n2)CC(C(F)F)=N3)n1. The molecule has 4 aromatic rings. The molecule has 3 aromatic heterocycles. The van der Waals surface area contributed by atoms with Crippen LogP contribution in [0.2, 0.25) is 0 Å². The fourth-order valence-corrected chi connectivity index (χ4v) is 4.14. The Kier molecular flexibility index (Phi) is 6.12. The van der Waals surface area contributed by atoms with Gasteiger partial charge >= 0.3 is 0 Å². The number of para-hydroxylation sites is 1. The van der Waals surface area contributed by atoms with E-state index in [-0.39, 0.29) is 18.0 Å². The number of fused-ring (bicyclic) bond motifs is 1. The monoisotopic (exact) mass is 485 g/mol. The summed E-state index contributed by atoms with van der Waals surface area (Å²) in [7, 11) is 3.40. The van der Waals surface area contributed by atoms with Gasteiger partial charge in [0.05, 0.1) is 47.7 Å². The number of rotatable bonds is 7. The Balaban J connectivity index is 1.56. The average Bonchev–Trinajstić information content (AvgIpc) is 3.50. The molecule has 0 atom stereocenters. The number of halogens is 2. The summed E-state index contributed by atoms with van der Waals surface area (Å²) in [5.41, 5.74) is 4.58. The van der Waals surface area contributed by atoms with Gasteiger partial charge in [-0.3, -0.25) is 9.67 Å². The summed E-state index contributed by atoms with van der Waals surface area (Å²) in [5, 5.41) is 7.79. The van der Waals surface area contributed by atoms with Crippen molar-refractivity contribution in [3.8, 4) is 17.0 Å². The highest BCUT2D eigenvalue weighted by Crippen LogP contribution is 2.41. The molecule has 10 heteroatoms. The zero-order valence-corrected chi connectivity index (χ0v) is 19.5. The van der Waals surface area contributed by atoms with Crippen LogP contribution in [0.3, 0.4) is 0 Å². The first-order chi connectivity index (χ1) is 17.4. The molecule has 0 saturated heterocycles. The van der Waals surface area contributed by atoms with E-state index in [1.165, 1.54) is 0 Å². The van der Waals surface area contributed by atoms with E-state index in [4.69, 9.17) is 11.3 Å². The van der Waals surface area contributed by atoms with Gasteiger partial charge in [0.2, 0.25) is 0 Å². The highest BCUT2D eigenvalue weighted by Gasteiger charge is 2.27. The van der Waals surface area contributed by atoms with Gasteiger partial charge in [0.1, 0.15) is 11.4 Å². The van der Waals surface area contributed by atoms with Crippen molar-refractivity contribution in [1.82, 2.24) is 19.7 Å². The minimum Gasteiger partial charge on any atom is -0.494 e. The molecule has 0 fully saturated rings. The number of aliphatic imine (C=N–C) groups is 1. The van der Waals surface area contributed by atoms with E-state index >= 15 is 0 Å². The molecule has 0 bridgehead atoms. The molecule has 0 spiro atoms. The van der Waals surface area contributed by atoms with Crippen molar-refractivity contribution in [2.24, 2.45) is 12.0 Å². The minimum atomic E-state index is -2.67. The number of methoxy groups -OCH3 is 1. The van der Waals surface area contributed by atoms with Gasteiger partial charge in [-0.15, -0.1) is 4.98 Å². The number of anilines is 2. The van der Waals surface area contributed by atoms with Crippen LogP contribution in [0.15, 0.2) is 59.7 Å². The summed E-state index contributed by atoms with van der Waals surface area (Å²) in [6.45, 7) is 7.19. The fraction of sp³-hybridized carbons (Fsp3) is 0.192. The maximum atomic E-state index is 13.5. The number of alkyl halides is 2. The van der Waals surface area contributed by atoms with E-state index in [0.717, 1.165) is 11.3 Å². The number of hydrogen-bond acceptors (Lipinski definition) is 6. The topological polar surface area (TPSA) is 81.6 Å². The highest BCUT2D eigenvalue weighted by atomic mass is 19.3. The van der Waals surface area contributed by atoms with Crippen molar-refractivity contribution in [2.45, 2.75) is 19.3 Å². The predicted molar refractivity (Wildman–Crippen MR) is 133 cm³/mol. The van der Waals surface area contributed by atoms with Gasteiger partial charge < -0.3 is 14.9 Å². The first-order valence-electron chi connectivity index (χ1n) is 11.1. The lowest BCUT2D eigenvalue weighted by Crippen LogP contribution is -2.10. The van der Waals surface area contributed by atoms with Crippen LogP contribution in [0.1, 0.15) is 17.1 Å². The van der Waals surface area contributed by atoms with E-state index < -0.39 is 6.43 Å². The Morgan fingerprint density at radius 2 is 1.94 bits per heavy atom. The van der Waals surface area contributed by atoms with Crippen LogP contribution < -0.4 is 10.1 Å². The number of nitrogens with one attached hydrogen (secondary N) is 1. The largest absolute Gasteiger partial charge is 0.494 e. The van der Waals surface area contributed by atoms with Crippen molar-refractivity contribution in [1.29, 1.82) is 0 Å². The van der Waals surface area contributed by atoms with Gasteiger partial charge in [-0.1, -0.05) is 18.7 Å². The molecule has 4 heterocycles. The van der Waals surface area contributed by atoms with Gasteiger partial charge in [-0.25, -0.2) is 13.8 Å². The van der Waals surface area contributed by atoms with E-state index in [2.05, 4.69) is 30.2 Å². The summed E-state index contributed by atoms with van der Waals surface area (Å²) >= 11 is 0. The summed E-state index contributed by atoms with van der Waals surface area (Å²) in [4.78, 5) is 16.5. The van der Waals surface area contributed by atoms with Crippen molar-refractivity contribution < 1.29 is 13.5 Å². The highest BCUT2D eigenvalue weighted by molar-refractivity contribution is 5.98. The van der Waals surface area contributed by atoms with Crippen LogP contribution in [0.25, 0.3) is 16.1 Å². The van der Waals surface area contributed by atoms with Gasteiger partial charge in [0, 0.05) is 25.2 Å². The molecular formula is C26H21F2N7O. The first kappa shape index (κ1) is 23.1. The van der Waals surface area contributed by atoms with Gasteiger partial charge in [0.15, 0.2) is 5.75 Å². The second-order valence-corrected chi connectivity index (χ2v) is 8.20. The molecule has 1 aromatic carbocycles. The second-order valence-electron chi connectivity index (χ2n) is 8.20. The van der Waals surface area contributed by atoms with Gasteiger partial charge in [-0.05, 0) is 36.4 Å². The Hall–Kier alpha value is -4.65. The molecule has 1 aliphatic heterocycles. The van der Waals surface area contributed by atoms with E-state index in [9.17, 15) is 8.78 Å². The van der Waals surface area contributed by atoms with Gasteiger partial charge in [0.25, 0.3) is 12.2 Å². The van der Waals surface area contributed by atoms with Gasteiger partial charge in [-0.2, -0.15) is 5.10 Å². The van der Waals surface area contributed by atoms with Crippen LogP contribution in [0, 0.1) is 6.57 Å². The third-order valence-electron chi connectivity index (χ3n) is 5.72. The zero-order valence-electron chi connectivity index (χ0n) is 19.5. The Labute approximate surface area is 206 Å². The zero-order chi connectivity index (χ0) is 25.2. The lowest BCUT2D eigenvalue weighted by Gasteiger charge is -2.16. The number of aromatic nitrogens is 4. The molecule has 180 valence electrons. The smallest absolute Gasteiger partial charge is 0.277 e. The molecule has 36 heavy (non-hydrogen) atoms. The Morgan fingerprint density at radius 3 is 2.67 bits per heavy atom. The Bertz CT molecular complexity index is 1520. The van der Waals surface area contributed by atoms with E-state index in [1.54, 1.807) is 36.1 Å². The first-order valence-corrected chi connectivity index (χ1v) is 11.1. The maximum Gasteiger partial charge on any atom is 0.277 e. The van der Waals surface area contributed by atoms with Crippen molar-refractivity contribution >= 4 is 28.6 Å². The number of hydrogen-bond donors (Lipinski definition) is 1. The lowest BCUT2D eigenvalue weighted by molar-refractivity contribution is 0.224. The van der Waals surface area contributed by atoms with E-state index in [0.29, 0.717) is 46.3 Å². The Morgan fingerprint density at radius 1 is 1.11 bits per heavy atom. The summed E-state index contributed by atoms with van der Waals surface area (Å²) in [5.74, 6) is 0.845. The van der Waals surface area contributed by atoms with Crippen LogP contribution in [0.5, 0.6) is 5.75 Å². The predicted octanol–water partition coefficient (Wildman–Crippen LogP) is 5.66. The molecule has 0 radical (unpaired) electrons. The molecule has 1 N–H and O–H groups in total. The number of aryl methyl sites for hydroxylation is 1. The summed E-state index contributed by atoms with van der Waals surface area (Å²) in [6.07, 6.45) is -0.528. The number of ether oxygens (including phenoxy) is 1. The standard InChI is InChI=1S/C26H21F2N7O/c1-29-23-9-4-6-15(31-23)12-16-13-20(24-21(30-16)14-22(33-24)26(27)28)32-19-8-5-7-17(25(19)36-3)18-10-11-35(2)34-18/h4-11,13,26H,12,14H2,2-3H3,(H,30,32). The normalized spacial score (nSPS) is 12.3. The lowest BCUT2D eigenvalue weighted by atomic mass is 10.1. The average molecular weight is 485 g/mol. The minimum absolute atomic E-state index is 0.0316. The van der Waals surface area contributed by atoms with Crippen LogP contribution in [0.4, 0.5) is 31.7 Å². The number of pyridine rings is 2. The molecule has 0 unspecified atom stereocenters. The third kappa shape index (κ3) is 4.51. The summed E-state index contributed by atoms with van der Waals surface area (Å²) < 4.78 is 34.4. The molecule has 5 rings (SSSR count). The van der Waals surface area contributed by atoms with Crippen molar-refractivity contribution in [2.75, 3.05) is 12.4 Å². The fourth-order valence-electron chi connectivity index (χ4n) is 4.14. The third-order valence-corrected chi connectivity index (χ3v) is 5.72. The van der Waals surface area contributed by atoms with Crippen molar-refractivity contribution in [3.05, 3.63) is 83.2 Å². The van der Waals surface area contributed by atoms with Crippen LogP contribution >= 0.6 is 0 Å². The quantitative estimate of drug-likeness (QED) is 0.342. The molecular weight excluding hydrogens is 464 g/mol. The van der Waals surface area contributed by atoms with Crippen LogP contribution in [-0.2, 0) is 19.9 Å². The number of nitrogens with zero attached hydrogens (tertiary/aromatic N) is 6. The van der Waals surface area contributed by atoms with Crippen LogP contribution in [-0.4, -0.2) is 39.0 Å². The molecule has 1 aliphatic rings. The number of benzene rings is 1. The molecule has 0 amide bonds. The summed E-state index contributed by atoms with van der Waals surface area (Å²) in [6, 6.07) is 14.5. The molecule has 8 nitrogen and oxygen atoms in total. The maximum absolute atomic E-state index is 13.5.